The van der Waals surface area contributed by atoms with Gasteiger partial charge in [-0.1, -0.05) is 11.6 Å². The molecule has 1 aromatic rings. The molecule has 1 saturated heterocycles. The average molecular weight is 232 g/mol. The number of nitrogens with zero attached hydrogens (tertiary/aromatic N) is 3. The third-order valence-electron chi connectivity index (χ3n) is 2.54. The molecule has 0 spiro atoms. The molecule has 1 aromatic heterocycles. The van der Waals surface area contributed by atoms with E-state index in [0.717, 1.165) is 24.8 Å². The molecule has 3 nitrogen and oxygen atoms in total. The van der Waals surface area contributed by atoms with Gasteiger partial charge in [-0.3, -0.25) is 0 Å². The van der Waals surface area contributed by atoms with Crippen LogP contribution in [0.4, 0.5) is 5.13 Å². The highest BCUT2D eigenvalue weighted by atomic mass is 35.5. The quantitative estimate of drug-likeness (QED) is 0.737. The highest BCUT2D eigenvalue weighted by molar-refractivity contribution is 7.14. The van der Waals surface area contributed by atoms with Gasteiger partial charge in [0.25, 0.3) is 0 Å². The summed E-state index contributed by atoms with van der Waals surface area (Å²) in [5.74, 6) is 0. The minimum Gasteiger partial charge on any atom is -0.343 e. The molecule has 1 unspecified atom stereocenters. The Morgan fingerprint density at radius 2 is 2.36 bits per heavy atom. The highest BCUT2D eigenvalue weighted by Gasteiger charge is 2.23. The molecule has 2 heterocycles. The van der Waals surface area contributed by atoms with Crippen molar-refractivity contribution in [3.05, 3.63) is 10.5 Å². The van der Waals surface area contributed by atoms with Crippen molar-refractivity contribution in [3.8, 4) is 0 Å². The van der Waals surface area contributed by atoms with E-state index in [1.807, 2.05) is 5.38 Å². The molecule has 5 heteroatoms. The van der Waals surface area contributed by atoms with Gasteiger partial charge in [-0.05, 0) is 14.0 Å². The smallest absolute Gasteiger partial charge is 0.187 e. The zero-order valence-electron chi connectivity index (χ0n) is 8.40. The number of hydrogen-bond acceptors (Lipinski definition) is 4. The second-order valence-electron chi connectivity index (χ2n) is 3.76. The molecule has 0 N–H and O–H groups in total. The SMILES string of the molecule is CC1CN(C)CCN1c1nc(Cl)cs1. The average Bonchev–Trinajstić information content (AvgIpc) is 2.51. The Balaban J connectivity index is 2.11. The predicted octanol–water partition coefficient (Wildman–Crippen LogP) is 1.94. The van der Waals surface area contributed by atoms with Crippen LogP contribution >= 0.6 is 22.9 Å². The van der Waals surface area contributed by atoms with Gasteiger partial charge in [-0.15, -0.1) is 11.3 Å². The summed E-state index contributed by atoms with van der Waals surface area (Å²) in [5.41, 5.74) is 0. The van der Waals surface area contributed by atoms with E-state index in [0.29, 0.717) is 11.2 Å². The van der Waals surface area contributed by atoms with Crippen LogP contribution in [0, 0.1) is 0 Å². The first-order chi connectivity index (χ1) is 6.66. The fraction of sp³-hybridized carbons (Fsp3) is 0.667. The fourth-order valence-corrected chi connectivity index (χ4v) is 2.88. The van der Waals surface area contributed by atoms with Crippen LogP contribution in [0.1, 0.15) is 6.92 Å². The largest absolute Gasteiger partial charge is 0.343 e. The van der Waals surface area contributed by atoms with Gasteiger partial charge in [0.1, 0.15) is 5.15 Å². The van der Waals surface area contributed by atoms with Crippen molar-refractivity contribution in [1.82, 2.24) is 9.88 Å². The van der Waals surface area contributed by atoms with E-state index < -0.39 is 0 Å². The Hall–Kier alpha value is -0.320. The maximum absolute atomic E-state index is 5.82. The van der Waals surface area contributed by atoms with Crippen molar-refractivity contribution in [2.24, 2.45) is 0 Å². The molecule has 1 aliphatic rings. The van der Waals surface area contributed by atoms with E-state index in [2.05, 4.69) is 28.8 Å². The van der Waals surface area contributed by atoms with Crippen molar-refractivity contribution in [2.75, 3.05) is 31.6 Å². The molecule has 0 radical (unpaired) electrons. The molecule has 0 amide bonds. The van der Waals surface area contributed by atoms with E-state index in [9.17, 15) is 0 Å². The monoisotopic (exact) mass is 231 g/mol. The molecule has 0 aromatic carbocycles. The van der Waals surface area contributed by atoms with Gasteiger partial charge < -0.3 is 9.80 Å². The molecule has 0 saturated carbocycles. The number of thiazole rings is 1. The molecule has 1 aliphatic heterocycles. The van der Waals surface area contributed by atoms with Crippen LogP contribution in [-0.2, 0) is 0 Å². The lowest BCUT2D eigenvalue weighted by atomic mass is 10.2. The minimum atomic E-state index is 0.524. The molecular weight excluding hydrogens is 218 g/mol. The molecular formula is C9H14ClN3S. The molecule has 78 valence electrons. The fourth-order valence-electron chi connectivity index (χ4n) is 1.80. The number of piperazine rings is 1. The molecule has 2 rings (SSSR count). The molecule has 1 atom stereocenters. The minimum absolute atomic E-state index is 0.524. The zero-order valence-corrected chi connectivity index (χ0v) is 9.98. The molecule has 0 bridgehead atoms. The summed E-state index contributed by atoms with van der Waals surface area (Å²) in [6.45, 7) is 5.46. The van der Waals surface area contributed by atoms with E-state index in [-0.39, 0.29) is 0 Å². The normalized spacial score (nSPS) is 24.2. The molecule has 1 fully saturated rings. The highest BCUT2D eigenvalue weighted by Crippen LogP contribution is 2.26. The Kier molecular flexibility index (Phi) is 2.95. The summed E-state index contributed by atoms with van der Waals surface area (Å²) in [6.07, 6.45) is 0. The van der Waals surface area contributed by atoms with Crippen LogP contribution in [0.15, 0.2) is 5.38 Å². The van der Waals surface area contributed by atoms with Gasteiger partial charge in [-0.25, -0.2) is 4.98 Å². The maximum atomic E-state index is 5.82. The summed E-state index contributed by atoms with van der Waals surface area (Å²) in [7, 11) is 2.16. The van der Waals surface area contributed by atoms with Crippen molar-refractivity contribution in [1.29, 1.82) is 0 Å². The lowest BCUT2D eigenvalue weighted by Gasteiger charge is -2.37. The number of halogens is 1. The van der Waals surface area contributed by atoms with Crippen LogP contribution < -0.4 is 4.90 Å². The van der Waals surface area contributed by atoms with E-state index >= 15 is 0 Å². The third-order valence-corrected chi connectivity index (χ3v) is 3.74. The Morgan fingerprint density at radius 1 is 1.57 bits per heavy atom. The Bertz CT molecular complexity index is 315. The van der Waals surface area contributed by atoms with Gasteiger partial charge in [-0.2, -0.15) is 0 Å². The number of aromatic nitrogens is 1. The van der Waals surface area contributed by atoms with Crippen molar-refractivity contribution >= 4 is 28.1 Å². The van der Waals surface area contributed by atoms with Crippen molar-refractivity contribution in [2.45, 2.75) is 13.0 Å². The summed E-state index contributed by atoms with van der Waals surface area (Å²) >= 11 is 7.44. The molecule has 0 aliphatic carbocycles. The second kappa shape index (κ2) is 4.04. The van der Waals surface area contributed by atoms with Crippen LogP contribution in [0.5, 0.6) is 0 Å². The van der Waals surface area contributed by atoms with Gasteiger partial charge >= 0.3 is 0 Å². The first kappa shape index (κ1) is 10.2. The van der Waals surface area contributed by atoms with E-state index in [1.54, 1.807) is 11.3 Å². The van der Waals surface area contributed by atoms with Crippen LogP contribution in [0.25, 0.3) is 0 Å². The maximum Gasteiger partial charge on any atom is 0.187 e. The van der Waals surface area contributed by atoms with Crippen molar-refractivity contribution in [3.63, 3.8) is 0 Å². The Morgan fingerprint density at radius 3 is 2.93 bits per heavy atom. The summed E-state index contributed by atoms with van der Waals surface area (Å²) in [6, 6.07) is 0.524. The molecule has 14 heavy (non-hydrogen) atoms. The zero-order chi connectivity index (χ0) is 10.1. The lowest BCUT2D eigenvalue weighted by molar-refractivity contribution is 0.275. The van der Waals surface area contributed by atoms with Gasteiger partial charge in [0.2, 0.25) is 0 Å². The first-order valence-corrected chi connectivity index (χ1v) is 5.99. The van der Waals surface area contributed by atoms with Gasteiger partial charge in [0, 0.05) is 31.1 Å². The second-order valence-corrected chi connectivity index (χ2v) is 4.98. The third kappa shape index (κ3) is 2.02. The summed E-state index contributed by atoms with van der Waals surface area (Å²) in [4.78, 5) is 8.97. The van der Waals surface area contributed by atoms with Crippen LogP contribution in [0.3, 0.4) is 0 Å². The number of hydrogen-bond donors (Lipinski definition) is 0. The van der Waals surface area contributed by atoms with E-state index in [1.165, 1.54) is 0 Å². The Labute approximate surface area is 93.3 Å². The predicted molar refractivity (Wildman–Crippen MR) is 61.4 cm³/mol. The number of anilines is 1. The van der Waals surface area contributed by atoms with Crippen LogP contribution in [0.2, 0.25) is 5.15 Å². The summed E-state index contributed by atoms with van der Waals surface area (Å²) < 4.78 is 0. The number of rotatable bonds is 1. The lowest BCUT2D eigenvalue weighted by Crippen LogP contribution is -2.50. The standard InChI is InChI=1S/C9H14ClN3S/c1-7-5-12(2)3-4-13(7)9-11-8(10)6-14-9/h6-7H,3-5H2,1-2H3. The van der Waals surface area contributed by atoms with Crippen LogP contribution in [-0.4, -0.2) is 42.6 Å². The van der Waals surface area contributed by atoms with Crippen molar-refractivity contribution < 1.29 is 0 Å². The van der Waals surface area contributed by atoms with Gasteiger partial charge in [0.05, 0.1) is 0 Å². The van der Waals surface area contributed by atoms with Gasteiger partial charge in [0.15, 0.2) is 5.13 Å². The number of likely N-dealkylation sites (N-methyl/N-ethyl adjacent to an activating group) is 1. The summed E-state index contributed by atoms with van der Waals surface area (Å²) in [5, 5.41) is 3.55. The first-order valence-electron chi connectivity index (χ1n) is 4.73. The van der Waals surface area contributed by atoms with E-state index in [4.69, 9.17) is 11.6 Å². The topological polar surface area (TPSA) is 19.4 Å².